The van der Waals surface area contributed by atoms with Gasteiger partial charge in [-0.2, -0.15) is 10.5 Å². The third-order valence-corrected chi connectivity index (χ3v) is 3.92. The molecule has 5 heteroatoms. The molecule has 2 aliphatic carbocycles. The van der Waals surface area contributed by atoms with Gasteiger partial charge in [-0.05, 0) is 32.1 Å². The lowest BCUT2D eigenvalue weighted by Crippen LogP contribution is -2.43. The molecular weight excluding hydrogens is 226 g/mol. The predicted molar refractivity (Wildman–Crippen MR) is 64.3 cm³/mol. The molecule has 18 heavy (non-hydrogen) atoms. The van der Waals surface area contributed by atoms with Crippen molar-refractivity contribution >= 4 is 0 Å². The fraction of sp³-hybridized carbons (Fsp3) is 0.615. The van der Waals surface area contributed by atoms with Crippen LogP contribution in [-0.4, -0.2) is 21.1 Å². The van der Waals surface area contributed by atoms with Crippen LogP contribution in [0.1, 0.15) is 44.0 Å². The Labute approximate surface area is 106 Å². The second-order valence-corrected chi connectivity index (χ2v) is 5.28. The maximum Gasteiger partial charge on any atom is 0.212 e. The lowest BCUT2D eigenvalue weighted by molar-refractivity contribution is 0.396. The average molecular weight is 241 g/mol. The number of hydrogen-bond donors (Lipinski definition) is 1. The van der Waals surface area contributed by atoms with Gasteiger partial charge in [0.05, 0.1) is 6.07 Å². The van der Waals surface area contributed by atoms with Gasteiger partial charge < -0.3 is 4.57 Å². The molecule has 2 unspecified atom stereocenters. The Kier molecular flexibility index (Phi) is 2.57. The number of nitriles is 2. The lowest BCUT2D eigenvalue weighted by Gasteiger charge is -2.23. The summed E-state index contributed by atoms with van der Waals surface area (Å²) in [7, 11) is 0. The van der Waals surface area contributed by atoms with Crippen molar-refractivity contribution in [1.82, 2.24) is 14.9 Å². The molecule has 2 aliphatic rings. The molecule has 0 spiro atoms. The average Bonchev–Trinajstić information content (AvgIpc) is 2.93. The highest BCUT2D eigenvalue weighted by Gasteiger charge is 2.43. The molecule has 0 bridgehead atoms. The lowest BCUT2D eigenvalue weighted by atomic mass is 9.99. The third kappa shape index (κ3) is 1.87. The summed E-state index contributed by atoms with van der Waals surface area (Å²) in [5.74, 6) is 0.445. The molecule has 0 saturated heterocycles. The van der Waals surface area contributed by atoms with E-state index in [1.165, 1.54) is 12.8 Å². The van der Waals surface area contributed by atoms with Gasteiger partial charge in [-0.15, -0.1) is 0 Å². The van der Waals surface area contributed by atoms with E-state index in [0.29, 0.717) is 11.9 Å². The van der Waals surface area contributed by atoms with E-state index in [0.717, 1.165) is 19.3 Å². The largest absolute Gasteiger partial charge is 0.319 e. The molecule has 5 nitrogen and oxygen atoms in total. The quantitative estimate of drug-likeness (QED) is 0.869. The molecule has 2 atom stereocenters. The number of nitrogens with zero attached hydrogens (tertiary/aromatic N) is 4. The number of nitrogens with one attached hydrogen (secondary N) is 1. The number of hydrogen-bond acceptors (Lipinski definition) is 4. The summed E-state index contributed by atoms with van der Waals surface area (Å²) >= 11 is 0. The fourth-order valence-electron chi connectivity index (χ4n) is 2.83. The SMILES string of the molecule is N#Cc1nccn1C1CCC(C#N)(NC2CC2)C1. The molecule has 1 heterocycles. The van der Waals surface area contributed by atoms with Crippen LogP contribution < -0.4 is 5.32 Å². The van der Waals surface area contributed by atoms with Gasteiger partial charge in [0.15, 0.2) is 0 Å². The van der Waals surface area contributed by atoms with E-state index < -0.39 is 5.54 Å². The summed E-state index contributed by atoms with van der Waals surface area (Å²) < 4.78 is 1.91. The standard InChI is InChI=1S/C13H15N5/c14-8-12-16-5-6-18(12)11-3-4-13(7-11,9-15)17-10-1-2-10/h5-6,10-11,17H,1-4,7H2. The van der Waals surface area contributed by atoms with Crippen LogP contribution in [0.5, 0.6) is 0 Å². The van der Waals surface area contributed by atoms with Crippen LogP contribution in [0.4, 0.5) is 0 Å². The minimum Gasteiger partial charge on any atom is -0.319 e. The molecule has 1 N–H and O–H groups in total. The maximum atomic E-state index is 9.43. The number of aromatic nitrogens is 2. The highest BCUT2D eigenvalue weighted by atomic mass is 15.1. The van der Waals surface area contributed by atoms with Crippen molar-refractivity contribution in [3.8, 4) is 12.1 Å². The monoisotopic (exact) mass is 241 g/mol. The Morgan fingerprint density at radius 3 is 2.89 bits per heavy atom. The van der Waals surface area contributed by atoms with Crippen molar-refractivity contribution in [3.63, 3.8) is 0 Å². The Hall–Kier alpha value is -1.85. The highest BCUT2D eigenvalue weighted by Crippen LogP contribution is 2.40. The van der Waals surface area contributed by atoms with Gasteiger partial charge >= 0.3 is 0 Å². The molecule has 0 aliphatic heterocycles. The number of imidazole rings is 1. The van der Waals surface area contributed by atoms with Gasteiger partial charge in [0.25, 0.3) is 0 Å². The normalized spacial score (nSPS) is 30.9. The van der Waals surface area contributed by atoms with E-state index >= 15 is 0 Å². The van der Waals surface area contributed by atoms with Crippen LogP contribution in [-0.2, 0) is 0 Å². The second-order valence-electron chi connectivity index (χ2n) is 5.28. The first kappa shape index (κ1) is 11.3. The Morgan fingerprint density at radius 2 is 2.22 bits per heavy atom. The van der Waals surface area contributed by atoms with E-state index in [4.69, 9.17) is 5.26 Å². The topological polar surface area (TPSA) is 77.4 Å². The summed E-state index contributed by atoms with van der Waals surface area (Å²) in [6.45, 7) is 0. The van der Waals surface area contributed by atoms with Crippen LogP contribution >= 0.6 is 0 Å². The van der Waals surface area contributed by atoms with Crippen molar-refractivity contribution in [1.29, 1.82) is 10.5 Å². The van der Waals surface area contributed by atoms with Gasteiger partial charge in [0.1, 0.15) is 11.6 Å². The highest BCUT2D eigenvalue weighted by molar-refractivity contribution is 5.18. The van der Waals surface area contributed by atoms with Gasteiger partial charge in [-0.1, -0.05) is 0 Å². The molecule has 2 saturated carbocycles. The minimum absolute atomic E-state index is 0.216. The molecule has 2 fully saturated rings. The number of rotatable bonds is 3. The van der Waals surface area contributed by atoms with Gasteiger partial charge in [-0.25, -0.2) is 4.98 Å². The maximum absolute atomic E-state index is 9.43. The van der Waals surface area contributed by atoms with Crippen LogP contribution in [0.15, 0.2) is 12.4 Å². The summed E-state index contributed by atoms with van der Waals surface area (Å²) in [5, 5.41) is 21.9. The molecule has 1 aromatic rings. The smallest absolute Gasteiger partial charge is 0.212 e. The van der Waals surface area contributed by atoms with Crippen LogP contribution in [0, 0.1) is 22.7 Å². The molecule has 92 valence electrons. The molecular formula is C13H15N5. The van der Waals surface area contributed by atoms with Crippen LogP contribution in [0.2, 0.25) is 0 Å². The molecule has 3 rings (SSSR count). The molecule has 0 radical (unpaired) electrons. The van der Waals surface area contributed by atoms with Gasteiger partial charge in [0, 0.05) is 24.5 Å². The first-order valence-corrected chi connectivity index (χ1v) is 6.38. The van der Waals surface area contributed by atoms with Crippen molar-refractivity contribution < 1.29 is 0 Å². The Balaban J connectivity index is 1.78. The first-order chi connectivity index (χ1) is 8.76. The van der Waals surface area contributed by atoms with E-state index in [9.17, 15) is 5.26 Å². The second kappa shape index (κ2) is 4.12. The molecule has 0 amide bonds. The minimum atomic E-state index is -0.400. The zero-order valence-corrected chi connectivity index (χ0v) is 10.1. The van der Waals surface area contributed by atoms with E-state index in [1.807, 2.05) is 10.8 Å². The molecule has 0 aromatic carbocycles. The van der Waals surface area contributed by atoms with Crippen LogP contribution in [0.25, 0.3) is 0 Å². The van der Waals surface area contributed by atoms with Crippen molar-refractivity contribution in [2.45, 2.75) is 49.7 Å². The third-order valence-electron chi connectivity index (χ3n) is 3.92. The summed E-state index contributed by atoms with van der Waals surface area (Å²) in [4.78, 5) is 4.02. The zero-order chi connectivity index (χ0) is 12.6. The van der Waals surface area contributed by atoms with E-state index in [1.54, 1.807) is 6.20 Å². The van der Waals surface area contributed by atoms with E-state index in [2.05, 4.69) is 22.4 Å². The van der Waals surface area contributed by atoms with Gasteiger partial charge in [0.2, 0.25) is 5.82 Å². The zero-order valence-electron chi connectivity index (χ0n) is 10.1. The van der Waals surface area contributed by atoms with E-state index in [-0.39, 0.29) is 6.04 Å². The first-order valence-electron chi connectivity index (χ1n) is 6.38. The Bertz CT molecular complexity index is 530. The van der Waals surface area contributed by atoms with Gasteiger partial charge in [-0.3, -0.25) is 5.32 Å². The predicted octanol–water partition coefficient (Wildman–Crippen LogP) is 1.49. The fourth-order valence-corrected chi connectivity index (χ4v) is 2.83. The van der Waals surface area contributed by atoms with Crippen molar-refractivity contribution in [3.05, 3.63) is 18.2 Å². The van der Waals surface area contributed by atoms with Crippen molar-refractivity contribution in [2.24, 2.45) is 0 Å². The summed E-state index contributed by atoms with van der Waals surface area (Å²) in [6, 6.07) is 5.29. The van der Waals surface area contributed by atoms with Crippen LogP contribution in [0.3, 0.4) is 0 Å². The summed E-state index contributed by atoms with van der Waals surface area (Å²) in [5.41, 5.74) is -0.400. The summed E-state index contributed by atoms with van der Waals surface area (Å²) in [6.07, 6.45) is 8.41. The Morgan fingerprint density at radius 1 is 1.39 bits per heavy atom. The molecule has 1 aromatic heterocycles. The van der Waals surface area contributed by atoms with Crippen molar-refractivity contribution in [2.75, 3.05) is 0 Å².